The summed E-state index contributed by atoms with van der Waals surface area (Å²) in [6.45, 7) is 0. The van der Waals surface area contributed by atoms with Gasteiger partial charge in [-0.3, -0.25) is 0 Å². The molecule has 0 spiro atoms. The van der Waals surface area contributed by atoms with Crippen LogP contribution in [0.2, 0.25) is 0 Å². The van der Waals surface area contributed by atoms with E-state index in [1.165, 1.54) is 44.0 Å². The van der Waals surface area contributed by atoms with Crippen molar-refractivity contribution in [2.45, 2.75) is 0 Å². The van der Waals surface area contributed by atoms with E-state index < -0.39 is 0 Å². The Balaban J connectivity index is 1.81. The molecule has 0 saturated carbocycles. The van der Waals surface area contributed by atoms with Crippen molar-refractivity contribution in [3.8, 4) is 33.4 Å². The number of hydrogen-bond donors (Lipinski definition) is 0. The van der Waals surface area contributed by atoms with Crippen LogP contribution in [0.15, 0.2) is 133 Å². The van der Waals surface area contributed by atoms with Crippen LogP contribution < -0.4 is 10.6 Å². The van der Waals surface area contributed by atoms with E-state index in [4.69, 9.17) is 0 Å². The summed E-state index contributed by atoms with van der Waals surface area (Å²) in [5.41, 5.74) is 7.66. The Morgan fingerprint density at radius 1 is 0.355 bits per heavy atom. The molecule has 148 valence electrons. The maximum Gasteiger partial charge on any atom is -0.00204 e. The van der Waals surface area contributed by atoms with Crippen molar-refractivity contribution in [1.29, 1.82) is 0 Å². The highest BCUT2D eigenvalue weighted by molar-refractivity contribution is 7.55. The molecule has 0 bridgehead atoms. The fourth-order valence-electron chi connectivity index (χ4n) is 4.05. The van der Waals surface area contributed by atoms with Gasteiger partial charge in [-0.2, -0.15) is 0 Å². The Hall–Kier alpha value is -3.47. The third-order valence-corrected chi connectivity index (χ3v) is 6.78. The summed E-state index contributed by atoms with van der Waals surface area (Å²) in [5, 5.41) is 2.72. The fourth-order valence-corrected chi connectivity index (χ4v) is 5.28. The van der Waals surface area contributed by atoms with E-state index in [2.05, 4.69) is 133 Å². The van der Waals surface area contributed by atoms with Crippen LogP contribution in [-0.2, 0) is 0 Å². The van der Waals surface area contributed by atoms with E-state index in [1.807, 2.05) is 0 Å². The van der Waals surface area contributed by atoms with E-state index in [9.17, 15) is 0 Å². The predicted molar refractivity (Wildman–Crippen MR) is 137 cm³/mol. The Labute approximate surface area is 186 Å². The second-order valence-electron chi connectivity index (χ2n) is 7.50. The fraction of sp³-hybridized carbons (Fsp3) is 0. The molecule has 0 aliphatic heterocycles. The van der Waals surface area contributed by atoms with Gasteiger partial charge in [-0.15, -0.1) is 0 Å². The molecule has 1 unspecified atom stereocenters. The Morgan fingerprint density at radius 3 is 1.35 bits per heavy atom. The van der Waals surface area contributed by atoms with E-state index in [-0.39, 0.29) is 0 Å². The zero-order valence-electron chi connectivity index (χ0n) is 17.2. The first-order valence-electron chi connectivity index (χ1n) is 10.6. The van der Waals surface area contributed by atoms with Crippen LogP contribution in [-0.4, -0.2) is 0 Å². The second kappa shape index (κ2) is 9.13. The quantitative estimate of drug-likeness (QED) is 0.264. The van der Waals surface area contributed by atoms with Gasteiger partial charge in [0.2, 0.25) is 0 Å². The summed E-state index contributed by atoms with van der Waals surface area (Å²) in [5.74, 6) is 0. The zero-order chi connectivity index (χ0) is 20.9. The molecule has 5 rings (SSSR count). The molecular weight excluding hydrogens is 391 g/mol. The molecule has 0 aromatic heterocycles. The van der Waals surface area contributed by atoms with Crippen molar-refractivity contribution in [2.75, 3.05) is 0 Å². The molecule has 0 nitrogen and oxygen atoms in total. The van der Waals surface area contributed by atoms with Gasteiger partial charge in [0.05, 0.1) is 0 Å². The van der Waals surface area contributed by atoms with Gasteiger partial charge in [0.15, 0.2) is 0 Å². The van der Waals surface area contributed by atoms with Crippen LogP contribution in [0.25, 0.3) is 33.4 Å². The average molecular weight is 414 g/mol. The molecule has 5 aromatic rings. The van der Waals surface area contributed by atoms with Gasteiger partial charge in [0.1, 0.15) is 0 Å². The lowest BCUT2D eigenvalue weighted by atomic mass is 9.87. The summed E-state index contributed by atoms with van der Waals surface area (Å²) in [6, 6.07) is 47.7. The Kier molecular flexibility index (Phi) is 5.74. The largest absolute Gasteiger partial charge is 0.0622 e. The number of rotatable bonds is 5. The first-order chi connectivity index (χ1) is 15.4. The van der Waals surface area contributed by atoms with E-state index in [1.54, 1.807) is 0 Å². The monoisotopic (exact) mass is 414 g/mol. The summed E-state index contributed by atoms with van der Waals surface area (Å²) in [6.07, 6.45) is 0. The molecule has 1 atom stereocenters. The van der Waals surface area contributed by atoms with Crippen molar-refractivity contribution in [2.24, 2.45) is 0 Å². The van der Waals surface area contributed by atoms with Gasteiger partial charge in [0, 0.05) is 0 Å². The Bertz CT molecular complexity index is 1260. The van der Waals surface area contributed by atoms with E-state index in [0.717, 1.165) is 0 Å². The van der Waals surface area contributed by atoms with Crippen LogP contribution in [0.4, 0.5) is 0 Å². The van der Waals surface area contributed by atoms with Crippen LogP contribution in [0.5, 0.6) is 0 Å². The van der Waals surface area contributed by atoms with Gasteiger partial charge < -0.3 is 0 Å². The van der Waals surface area contributed by atoms with E-state index >= 15 is 0 Å². The maximum atomic E-state index is 2.32. The number of hydrogen-bond acceptors (Lipinski definition) is 0. The van der Waals surface area contributed by atoms with Crippen LogP contribution >= 0.6 is 8.58 Å². The van der Waals surface area contributed by atoms with E-state index in [0.29, 0.717) is 8.58 Å². The predicted octanol–water partition coefficient (Wildman–Crippen LogP) is 7.32. The molecule has 0 heterocycles. The highest BCUT2D eigenvalue weighted by atomic mass is 31.1. The number of benzene rings is 5. The highest BCUT2D eigenvalue weighted by Gasteiger charge is 2.18. The Morgan fingerprint density at radius 2 is 0.806 bits per heavy atom. The second-order valence-corrected chi connectivity index (χ2v) is 8.87. The lowest BCUT2D eigenvalue weighted by Gasteiger charge is -2.20. The molecule has 0 radical (unpaired) electrons. The molecule has 0 aliphatic rings. The highest BCUT2D eigenvalue weighted by Crippen LogP contribution is 2.40. The maximum absolute atomic E-state index is 2.32. The average Bonchev–Trinajstić information content (AvgIpc) is 2.86. The smallest absolute Gasteiger partial charge is 0.00204 e. The van der Waals surface area contributed by atoms with Gasteiger partial charge in [0.25, 0.3) is 0 Å². The van der Waals surface area contributed by atoms with Gasteiger partial charge >= 0.3 is 0 Å². The summed E-state index contributed by atoms with van der Waals surface area (Å²) in [4.78, 5) is 0. The first kappa shape index (κ1) is 19.5. The molecule has 0 amide bonds. The molecule has 0 saturated heterocycles. The topological polar surface area (TPSA) is 0 Å². The molecular formula is C30H23P. The normalized spacial score (nSPS) is 11.1. The standard InChI is InChI=1S/C30H23P/c1-5-13-23(14-6-1)27-21-22-28(31-26-19-11-4-12-20-26)30(25-17-9-3-10-18-25)29(27)24-15-7-2-8-16-24/h1-22,31H. The zero-order valence-corrected chi connectivity index (χ0v) is 18.2. The van der Waals surface area contributed by atoms with Crippen molar-refractivity contribution in [1.82, 2.24) is 0 Å². The minimum Gasteiger partial charge on any atom is -0.0622 e. The minimum atomic E-state index is 0.596. The summed E-state index contributed by atoms with van der Waals surface area (Å²) >= 11 is 0. The van der Waals surface area contributed by atoms with Crippen molar-refractivity contribution in [3.05, 3.63) is 133 Å². The van der Waals surface area contributed by atoms with Crippen molar-refractivity contribution in [3.63, 3.8) is 0 Å². The van der Waals surface area contributed by atoms with Crippen LogP contribution in [0, 0.1) is 0 Å². The summed E-state index contributed by atoms with van der Waals surface area (Å²) < 4.78 is 0. The molecule has 0 N–H and O–H groups in total. The van der Waals surface area contributed by atoms with Gasteiger partial charge in [-0.1, -0.05) is 142 Å². The third-order valence-electron chi connectivity index (χ3n) is 5.47. The van der Waals surface area contributed by atoms with Crippen LogP contribution in [0.3, 0.4) is 0 Å². The van der Waals surface area contributed by atoms with Crippen molar-refractivity contribution < 1.29 is 0 Å². The molecule has 1 heteroatoms. The lowest BCUT2D eigenvalue weighted by molar-refractivity contribution is 1.58. The van der Waals surface area contributed by atoms with Crippen molar-refractivity contribution >= 4 is 19.2 Å². The molecule has 31 heavy (non-hydrogen) atoms. The minimum absolute atomic E-state index is 0.596. The van der Waals surface area contributed by atoms with Crippen LogP contribution in [0.1, 0.15) is 0 Å². The van der Waals surface area contributed by atoms with Gasteiger partial charge in [-0.25, -0.2) is 0 Å². The SMILES string of the molecule is c1ccc(Pc2ccc(-c3ccccc3)c(-c3ccccc3)c2-c2ccccc2)cc1. The molecule has 5 aromatic carbocycles. The lowest BCUT2D eigenvalue weighted by Crippen LogP contribution is -2.09. The third kappa shape index (κ3) is 4.22. The first-order valence-corrected chi connectivity index (χ1v) is 11.6. The molecule has 0 aliphatic carbocycles. The molecule has 0 fully saturated rings. The summed E-state index contributed by atoms with van der Waals surface area (Å²) in [7, 11) is 0.596. The van der Waals surface area contributed by atoms with Gasteiger partial charge in [-0.05, 0) is 44.0 Å².